The molecule has 143 heavy (non-hydrogen) atoms. The zero-order valence-electron chi connectivity index (χ0n) is 117. The second kappa shape index (κ2) is 125. The van der Waals surface area contributed by atoms with Gasteiger partial charge in [0.25, 0.3) is 0 Å². The van der Waals surface area contributed by atoms with Gasteiger partial charge in [-0.15, -0.1) is 0 Å². The van der Waals surface area contributed by atoms with Crippen molar-refractivity contribution in [2.24, 2.45) is 156 Å². The quantitative estimate of drug-likeness (QED) is 0.0845. The maximum atomic E-state index is 2.35. The summed E-state index contributed by atoms with van der Waals surface area (Å²) >= 11 is 0. The Labute approximate surface area is 929 Å². The van der Waals surface area contributed by atoms with Crippen LogP contribution in [0.1, 0.15) is 779 Å². The Morgan fingerprint density at radius 1 is 0.301 bits per heavy atom. The molecule has 11 fully saturated rings. The lowest BCUT2D eigenvalue weighted by Crippen LogP contribution is -2.04. The molecule has 5 atom stereocenters. The molecule has 0 heteroatoms. The summed E-state index contributed by atoms with van der Waals surface area (Å²) in [4.78, 5) is 0. The highest BCUT2D eigenvalue weighted by atomic mass is 14.5. The standard InChI is InChI=1S/6C6H12.8C6H14.4C5H10.4C5H12.C4H8.2C4H10.C3H8.2C2H6/c1-5-4-6(5,2)3;1-5(2)6-3-4-6;2*1-3-6(2)4-5-6;1-3-6-4-5(6)2;1-2-3-6-4-5-6;2*1-5-6(2,3)4;1-5(2)6(3)4;2*1-4-5-6(2)3;2*1-4-6(3)5-2;1-3-5-6-4-2;1-5(2)3-4-5;1-4-3-5(4)2;1-5-3-2-4-5;1-2-5-3-4-5;1-5(2,3)4;2*1-4-5(2)3;1-3-5-4-2;1-4-2-3-4;1-4(2)3;1-3-4-2;1-3-2;2*1-2/h5H,4H2,1-3H3;5-6H,3-4H2,1-2H3;2*3-5H2,1-2H3;5-6H,3-4H2,1-2H3;6H,2-5H2,1H3;2*5H2,1-4H3;5-6H,1-4H3;4*6H,4-5H2,1-3H3;3-6H2,1-2H3;3-4H2,1-2H3;4-5H,3H2,1-2H3;2*5H,2-4H2,1H3;1-4H3;2*5H,4H2,1-3H3;3-5H2,1-2H3;4H,2-3H2,1H3;4H,1-3H3;3-4H2,1-2H3;3H2,1-2H3;2*1-2H3/t5-;;;;5-,6?;;;;;;;;;;;4-,5?;;;;;;;;;;;;/m0...0..........1............/s1. The fraction of sp³-hybridized carbons (Fsp3) is 1.00. The molecule has 0 radical (unpaired) electrons. The summed E-state index contributed by atoms with van der Waals surface area (Å²) < 4.78 is 0. The van der Waals surface area contributed by atoms with E-state index in [0.29, 0.717) is 21.7 Å². The Morgan fingerprint density at radius 3 is 0.545 bits per heavy atom. The topological polar surface area (TPSA) is 0 Å². The van der Waals surface area contributed by atoms with Crippen LogP contribution in [0, 0.1) is 156 Å². The average Bonchev–Trinajstić information content (AvgIpc) is 1.66. The van der Waals surface area contributed by atoms with Crippen molar-refractivity contribution in [3.63, 3.8) is 0 Å². The minimum atomic E-state index is 0.500. The lowest BCUT2D eigenvalue weighted by atomic mass is 9.88. The van der Waals surface area contributed by atoms with E-state index in [1.807, 2.05) is 27.7 Å². The molecule has 11 aliphatic carbocycles. The van der Waals surface area contributed by atoms with Crippen molar-refractivity contribution in [1.82, 2.24) is 0 Å². The van der Waals surface area contributed by atoms with Gasteiger partial charge in [0, 0.05) is 0 Å². The third-order valence-electron chi connectivity index (χ3n) is 28.7. The Hall–Kier alpha value is 0. The molecule has 11 saturated carbocycles. The monoisotopic (exact) mass is 2040 g/mol. The Morgan fingerprint density at radius 2 is 0.531 bits per heavy atom. The van der Waals surface area contributed by atoms with Crippen LogP contribution in [-0.2, 0) is 0 Å². The van der Waals surface area contributed by atoms with Crippen LogP contribution in [0.4, 0.5) is 0 Å². The van der Waals surface area contributed by atoms with Crippen LogP contribution in [0.2, 0.25) is 0 Å². The largest absolute Gasteiger partial charge is 0.0683 e. The Kier molecular flexibility index (Phi) is 159. The molecule has 11 aliphatic rings. The first-order valence-corrected chi connectivity index (χ1v) is 65.8. The highest BCUT2D eigenvalue weighted by molar-refractivity contribution is 4.91. The second-order valence-corrected chi connectivity index (χ2v) is 55.7. The summed E-state index contributed by atoms with van der Waals surface area (Å²) in [5.41, 5.74) is 4.62. The van der Waals surface area contributed by atoms with Crippen molar-refractivity contribution < 1.29 is 0 Å². The molecule has 2 unspecified atom stereocenters. The molecule has 0 nitrogen and oxygen atoms in total. The summed E-state index contributed by atoms with van der Waals surface area (Å²) in [6.45, 7) is 152. The van der Waals surface area contributed by atoms with Crippen molar-refractivity contribution >= 4 is 0 Å². The van der Waals surface area contributed by atoms with Gasteiger partial charge in [0.1, 0.15) is 0 Å². The highest BCUT2D eigenvalue weighted by Gasteiger charge is 2.41. The van der Waals surface area contributed by atoms with Crippen LogP contribution in [0.5, 0.6) is 0 Å². The first-order valence-electron chi connectivity index (χ1n) is 65.8. The van der Waals surface area contributed by atoms with Crippen LogP contribution in [-0.4, -0.2) is 0 Å². The number of hydrogen-bond acceptors (Lipinski definition) is 0. The number of hydrogen-bond donors (Lipinski definition) is 0. The molecule has 0 amide bonds. The average molecular weight is 2040 g/mol. The van der Waals surface area contributed by atoms with Gasteiger partial charge in [0.2, 0.25) is 0 Å². The third kappa shape index (κ3) is 252. The molecule has 0 aromatic carbocycles. The third-order valence-corrected chi connectivity index (χ3v) is 28.7. The molecule has 0 saturated heterocycles. The van der Waals surface area contributed by atoms with E-state index in [9.17, 15) is 0 Å². The van der Waals surface area contributed by atoms with Gasteiger partial charge in [-0.1, -0.05) is 708 Å². The van der Waals surface area contributed by atoms with Crippen molar-refractivity contribution in [2.45, 2.75) is 779 Å². The molecule has 0 bridgehead atoms. The molecule has 892 valence electrons. The summed E-state index contributed by atoms with van der Waals surface area (Å²) in [6.07, 6.45) is 67.6. The Bertz CT molecular complexity index is 1920. The zero-order chi connectivity index (χ0) is 117. The van der Waals surface area contributed by atoms with Gasteiger partial charge in [-0.25, -0.2) is 0 Å². The van der Waals surface area contributed by atoms with E-state index in [0.717, 1.165) is 135 Å². The molecule has 11 rings (SSSR count). The normalized spacial score (nSPS) is 18.4. The lowest BCUT2D eigenvalue weighted by molar-refractivity contribution is 0.346. The smallest absolute Gasteiger partial charge is 0.0326 e. The number of unbranched alkanes of at least 4 members (excludes halogenated alkanes) is 6. The molecule has 0 N–H and O–H groups in total. The van der Waals surface area contributed by atoms with E-state index in [1.165, 1.54) is 308 Å². The van der Waals surface area contributed by atoms with Gasteiger partial charge in [-0.2, -0.15) is 0 Å². The highest BCUT2D eigenvalue weighted by Crippen LogP contribution is 2.51. The number of rotatable bonds is 24. The van der Waals surface area contributed by atoms with Crippen LogP contribution in [0.15, 0.2) is 0 Å². The Balaban J connectivity index is -0.0000000769. The first kappa shape index (κ1) is 182. The molecule has 0 aliphatic heterocycles. The van der Waals surface area contributed by atoms with Gasteiger partial charge in [0.15, 0.2) is 0 Å². The minimum absolute atomic E-state index is 0.500. The lowest BCUT2D eigenvalue weighted by Gasteiger charge is -2.18. The van der Waals surface area contributed by atoms with Crippen LogP contribution >= 0.6 is 0 Å². The second-order valence-electron chi connectivity index (χ2n) is 55.7. The van der Waals surface area contributed by atoms with Gasteiger partial charge in [0.05, 0.1) is 0 Å². The predicted octanol–water partition coefficient (Wildman–Crippen LogP) is 56.1. The van der Waals surface area contributed by atoms with E-state index >= 15 is 0 Å². The molecule has 0 aromatic heterocycles. The zero-order valence-corrected chi connectivity index (χ0v) is 117. The van der Waals surface area contributed by atoms with Crippen LogP contribution in [0.25, 0.3) is 0 Å². The van der Waals surface area contributed by atoms with E-state index in [1.54, 1.807) is 0 Å². The molecular weight excluding hydrogens is 1720 g/mol. The van der Waals surface area contributed by atoms with Crippen molar-refractivity contribution in [3.8, 4) is 0 Å². The van der Waals surface area contributed by atoms with Crippen molar-refractivity contribution in [1.29, 1.82) is 0 Å². The maximum absolute atomic E-state index is 2.35. The van der Waals surface area contributed by atoms with Gasteiger partial charge in [-0.05, 0) is 227 Å². The fourth-order valence-corrected chi connectivity index (χ4v) is 9.06. The SMILES string of the molecule is CC.CC.CC(C)(C)C.CC(C)C.CC(C)C(C)C.CC(C)C1CC1.CC1(C)CC1.CC1CC1.CC1CCC1.CC1C[C@H]1C.CCC.CCC(C)(C)C.CCC(C)(C)C.CCC(C)C.CCC(C)C.CCC(C)CC.CCC(C)CC.CCC1(C)CC1.CCC1(C)CC1.CCC1CC1.CCC1C[C@@H]1C.CCCC.CCCC(C)C.CCCC(C)C.CCCC1CC1.CCCCC.CCCCCC.C[C@H]1CC1(C)C. The summed E-state index contributed by atoms with van der Waals surface area (Å²) in [6, 6.07) is 0. The van der Waals surface area contributed by atoms with E-state index < -0.39 is 0 Å². The minimum Gasteiger partial charge on any atom is -0.0683 e. The van der Waals surface area contributed by atoms with Crippen LogP contribution < -0.4 is 0 Å². The molecular formula is C143H320. The van der Waals surface area contributed by atoms with Crippen molar-refractivity contribution in [3.05, 3.63) is 0 Å². The van der Waals surface area contributed by atoms with E-state index in [-0.39, 0.29) is 0 Å². The molecule has 0 aromatic rings. The predicted molar refractivity (Wildman–Crippen MR) is 694 cm³/mol. The first-order chi connectivity index (χ1) is 65.8. The van der Waals surface area contributed by atoms with Gasteiger partial charge in [-0.3, -0.25) is 0 Å². The molecule has 0 spiro atoms. The maximum Gasteiger partial charge on any atom is -0.0326 e. The van der Waals surface area contributed by atoms with E-state index in [4.69, 9.17) is 0 Å². The summed E-state index contributed by atoms with van der Waals surface area (Å²) in [5.74, 6) is 19.7. The fourth-order valence-electron chi connectivity index (χ4n) is 9.06. The summed E-state index contributed by atoms with van der Waals surface area (Å²) in [5, 5.41) is 0. The van der Waals surface area contributed by atoms with Gasteiger partial charge < -0.3 is 0 Å². The van der Waals surface area contributed by atoms with E-state index in [2.05, 4.69) is 443 Å². The van der Waals surface area contributed by atoms with Crippen LogP contribution in [0.3, 0.4) is 0 Å². The van der Waals surface area contributed by atoms with Crippen molar-refractivity contribution in [2.75, 3.05) is 0 Å². The summed E-state index contributed by atoms with van der Waals surface area (Å²) in [7, 11) is 0. The van der Waals surface area contributed by atoms with Gasteiger partial charge >= 0.3 is 0 Å². The molecule has 0 heterocycles.